The van der Waals surface area contributed by atoms with Crippen LogP contribution >= 0.6 is 23.1 Å². The van der Waals surface area contributed by atoms with Gasteiger partial charge in [-0.05, 0) is 54.8 Å². The maximum Gasteiger partial charge on any atom is 0.243 e. The maximum absolute atomic E-state index is 13.3. The van der Waals surface area contributed by atoms with E-state index in [-0.39, 0.29) is 18.2 Å². The normalized spacial score (nSPS) is 16.6. The first kappa shape index (κ1) is 23.8. The average Bonchev–Trinajstić information content (AvgIpc) is 3.44. The van der Waals surface area contributed by atoms with E-state index in [1.807, 2.05) is 60.8 Å². The lowest BCUT2D eigenvalue weighted by Gasteiger charge is -2.15. The van der Waals surface area contributed by atoms with Gasteiger partial charge in [0.15, 0.2) is 5.17 Å². The summed E-state index contributed by atoms with van der Waals surface area (Å²) in [5, 5.41) is 4.88. The molecular weight excluding hydrogens is 470 g/mol. The molecular formula is C25H25N3O4S2. The Balaban J connectivity index is 1.50. The zero-order valence-corrected chi connectivity index (χ0v) is 20.5. The van der Waals surface area contributed by atoms with E-state index in [2.05, 4.69) is 5.32 Å². The van der Waals surface area contributed by atoms with Gasteiger partial charge in [-0.1, -0.05) is 23.9 Å². The van der Waals surface area contributed by atoms with Gasteiger partial charge in [0.05, 0.1) is 25.9 Å². The number of nitrogens with zero attached hydrogens (tertiary/aromatic N) is 2. The third kappa shape index (κ3) is 5.98. The fourth-order valence-corrected chi connectivity index (χ4v) is 5.26. The van der Waals surface area contributed by atoms with E-state index in [0.29, 0.717) is 35.4 Å². The first-order chi connectivity index (χ1) is 16.6. The maximum atomic E-state index is 13.3. The van der Waals surface area contributed by atoms with Gasteiger partial charge in [-0.15, -0.1) is 11.3 Å². The first-order valence-corrected chi connectivity index (χ1v) is 12.6. The molecule has 1 aliphatic heterocycles. The number of carbonyl (C=O) groups is 2. The highest BCUT2D eigenvalue weighted by Crippen LogP contribution is 2.34. The van der Waals surface area contributed by atoms with Crippen molar-refractivity contribution in [2.45, 2.75) is 25.1 Å². The summed E-state index contributed by atoms with van der Waals surface area (Å²) < 4.78 is 10.7. The van der Waals surface area contributed by atoms with Crippen molar-refractivity contribution in [3.05, 3.63) is 70.9 Å². The van der Waals surface area contributed by atoms with E-state index in [9.17, 15) is 9.59 Å². The number of aliphatic imine (C=N–C) groups is 1. The molecule has 3 aromatic rings. The second-order valence-electron chi connectivity index (χ2n) is 7.42. The summed E-state index contributed by atoms with van der Waals surface area (Å²) in [4.78, 5) is 33.4. The molecule has 34 heavy (non-hydrogen) atoms. The van der Waals surface area contributed by atoms with Crippen LogP contribution in [0, 0.1) is 0 Å². The van der Waals surface area contributed by atoms with Crippen molar-refractivity contribution in [3.8, 4) is 11.5 Å². The van der Waals surface area contributed by atoms with Gasteiger partial charge in [-0.25, -0.2) is 4.99 Å². The largest absolute Gasteiger partial charge is 0.497 e. The topological polar surface area (TPSA) is 80.2 Å². The number of anilines is 1. The van der Waals surface area contributed by atoms with Crippen molar-refractivity contribution in [1.29, 1.82) is 0 Å². The molecule has 0 saturated carbocycles. The second-order valence-corrected chi connectivity index (χ2v) is 9.62. The molecule has 2 aromatic carbocycles. The highest BCUT2D eigenvalue weighted by molar-refractivity contribution is 8.15. The number of carbonyl (C=O) groups excluding carboxylic acids is 2. The number of methoxy groups -OCH3 is 1. The van der Waals surface area contributed by atoms with Crippen LogP contribution in [-0.2, 0) is 16.1 Å². The van der Waals surface area contributed by atoms with Gasteiger partial charge < -0.3 is 14.8 Å². The molecule has 1 N–H and O–H groups in total. The van der Waals surface area contributed by atoms with E-state index in [1.165, 1.54) is 11.8 Å². The Hall–Kier alpha value is -3.30. The SMILES string of the molecule is CCOc1cccc(NC(=O)C[C@H]2SC(=Nc3ccc(OC)cc3)N(Cc3cccs3)C2=O)c1. The Labute approximate surface area is 206 Å². The zero-order valence-electron chi connectivity index (χ0n) is 18.9. The Kier molecular flexibility index (Phi) is 7.87. The molecule has 0 aliphatic carbocycles. The van der Waals surface area contributed by atoms with Crippen molar-refractivity contribution in [3.63, 3.8) is 0 Å². The highest BCUT2D eigenvalue weighted by atomic mass is 32.2. The third-order valence-electron chi connectivity index (χ3n) is 5.01. The van der Waals surface area contributed by atoms with Gasteiger partial charge in [-0.2, -0.15) is 0 Å². The number of ether oxygens (including phenoxy) is 2. The number of rotatable bonds is 9. The smallest absolute Gasteiger partial charge is 0.243 e. The summed E-state index contributed by atoms with van der Waals surface area (Å²) in [5.41, 5.74) is 1.35. The summed E-state index contributed by atoms with van der Waals surface area (Å²) in [6, 6.07) is 18.5. The number of hydrogen-bond donors (Lipinski definition) is 1. The predicted molar refractivity (Wildman–Crippen MR) is 137 cm³/mol. The second kappa shape index (κ2) is 11.2. The Morgan fingerprint density at radius 3 is 2.65 bits per heavy atom. The van der Waals surface area contributed by atoms with Crippen LogP contribution in [0.3, 0.4) is 0 Å². The minimum atomic E-state index is -0.549. The van der Waals surface area contributed by atoms with E-state index in [1.54, 1.807) is 35.5 Å². The molecule has 7 nitrogen and oxygen atoms in total. The van der Waals surface area contributed by atoms with Crippen LogP contribution < -0.4 is 14.8 Å². The molecule has 1 saturated heterocycles. The minimum Gasteiger partial charge on any atom is -0.497 e. The minimum absolute atomic E-state index is 0.0466. The van der Waals surface area contributed by atoms with Gasteiger partial charge in [0.1, 0.15) is 16.7 Å². The fraction of sp³-hybridized carbons (Fsp3) is 0.240. The highest BCUT2D eigenvalue weighted by Gasteiger charge is 2.39. The number of amides is 2. The zero-order chi connectivity index (χ0) is 23.9. The van der Waals surface area contributed by atoms with Crippen LogP contribution in [0.5, 0.6) is 11.5 Å². The molecule has 176 valence electrons. The fourth-order valence-electron chi connectivity index (χ4n) is 3.41. The van der Waals surface area contributed by atoms with Crippen LogP contribution in [0.4, 0.5) is 11.4 Å². The van der Waals surface area contributed by atoms with E-state index in [0.717, 1.165) is 10.6 Å². The van der Waals surface area contributed by atoms with Gasteiger partial charge >= 0.3 is 0 Å². The first-order valence-electron chi connectivity index (χ1n) is 10.8. The Morgan fingerprint density at radius 2 is 1.94 bits per heavy atom. The number of benzene rings is 2. The van der Waals surface area contributed by atoms with Gasteiger partial charge in [-0.3, -0.25) is 14.5 Å². The molecule has 0 spiro atoms. The number of nitrogens with one attached hydrogen (secondary N) is 1. The number of hydrogen-bond acceptors (Lipinski definition) is 7. The molecule has 9 heteroatoms. The van der Waals surface area contributed by atoms with Crippen LogP contribution in [-0.4, -0.2) is 40.8 Å². The molecule has 1 fully saturated rings. The average molecular weight is 496 g/mol. The van der Waals surface area contributed by atoms with Gasteiger partial charge in [0.25, 0.3) is 0 Å². The lowest BCUT2D eigenvalue weighted by Crippen LogP contribution is -2.32. The predicted octanol–water partition coefficient (Wildman–Crippen LogP) is 5.32. The van der Waals surface area contributed by atoms with Gasteiger partial charge in [0, 0.05) is 23.1 Å². The van der Waals surface area contributed by atoms with Crippen LogP contribution in [0.1, 0.15) is 18.2 Å². The van der Waals surface area contributed by atoms with Crippen LogP contribution in [0.15, 0.2) is 71.0 Å². The Morgan fingerprint density at radius 1 is 1.12 bits per heavy atom. The summed E-state index contributed by atoms with van der Waals surface area (Å²) in [6.07, 6.45) is 0.0466. The van der Waals surface area contributed by atoms with Crippen molar-refractivity contribution >= 4 is 51.5 Å². The summed E-state index contributed by atoms with van der Waals surface area (Å²) >= 11 is 2.90. The molecule has 1 aliphatic rings. The molecule has 1 atom stereocenters. The van der Waals surface area contributed by atoms with Crippen molar-refractivity contribution in [1.82, 2.24) is 4.90 Å². The quantitative estimate of drug-likeness (QED) is 0.435. The monoisotopic (exact) mass is 495 g/mol. The summed E-state index contributed by atoms with van der Waals surface area (Å²) in [5.74, 6) is 1.06. The lowest BCUT2D eigenvalue weighted by atomic mass is 10.2. The van der Waals surface area contributed by atoms with Crippen LogP contribution in [0.2, 0.25) is 0 Å². The molecule has 0 unspecified atom stereocenters. The molecule has 0 radical (unpaired) electrons. The van der Waals surface area contributed by atoms with E-state index >= 15 is 0 Å². The summed E-state index contributed by atoms with van der Waals surface area (Å²) in [7, 11) is 1.61. The van der Waals surface area contributed by atoms with Gasteiger partial charge in [0.2, 0.25) is 11.8 Å². The Bertz CT molecular complexity index is 1160. The van der Waals surface area contributed by atoms with E-state index < -0.39 is 5.25 Å². The third-order valence-corrected chi connectivity index (χ3v) is 7.05. The van der Waals surface area contributed by atoms with Crippen molar-refractivity contribution < 1.29 is 19.1 Å². The molecule has 2 heterocycles. The number of amidine groups is 1. The number of thioether (sulfide) groups is 1. The van der Waals surface area contributed by atoms with Crippen molar-refractivity contribution in [2.75, 3.05) is 19.0 Å². The molecule has 2 amide bonds. The lowest BCUT2D eigenvalue weighted by molar-refractivity contribution is -0.128. The molecule has 0 bridgehead atoms. The summed E-state index contributed by atoms with van der Waals surface area (Å²) in [6.45, 7) is 2.87. The molecule has 1 aromatic heterocycles. The van der Waals surface area contributed by atoms with Crippen molar-refractivity contribution in [2.24, 2.45) is 4.99 Å². The standard InChI is InChI=1S/C25H25N3O4S2/c1-3-32-20-7-4-6-18(14-20)26-23(29)15-22-24(30)28(16-21-8-5-13-33-21)25(34-22)27-17-9-11-19(31-2)12-10-17/h4-14,22H,3,15-16H2,1-2H3,(H,26,29)/t22-/m1/s1. The van der Waals surface area contributed by atoms with E-state index in [4.69, 9.17) is 14.5 Å². The molecule has 4 rings (SSSR count). The number of thiophene rings is 1. The van der Waals surface area contributed by atoms with Crippen LogP contribution in [0.25, 0.3) is 0 Å².